The van der Waals surface area contributed by atoms with Gasteiger partial charge < -0.3 is 0 Å². The summed E-state index contributed by atoms with van der Waals surface area (Å²) in [7, 11) is 0. The molecule has 0 atom stereocenters. The van der Waals surface area contributed by atoms with E-state index >= 15 is 0 Å². The minimum atomic E-state index is 0.401. The predicted molar refractivity (Wildman–Crippen MR) is 55.0 cm³/mol. The van der Waals surface area contributed by atoms with Gasteiger partial charge in [0.1, 0.15) is 5.69 Å². The number of nitrogens with zero attached hydrogens (tertiary/aromatic N) is 3. The van der Waals surface area contributed by atoms with E-state index in [1.807, 2.05) is 19.1 Å². The Morgan fingerprint density at radius 1 is 1.07 bits per heavy atom. The molecule has 2 aromatic rings. The summed E-state index contributed by atoms with van der Waals surface area (Å²) in [4.78, 5) is 12.3. The maximum absolute atomic E-state index is 5.90. The molecule has 70 valence electrons. The van der Waals surface area contributed by atoms with Crippen LogP contribution in [-0.4, -0.2) is 15.0 Å². The van der Waals surface area contributed by atoms with E-state index in [0.717, 1.165) is 11.3 Å². The van der Waals surface area contributed by atoms with E-state index < -0.39 is 0 Å². The highest BCUT2D eigenvalue weighted by molar-refractivity contribution is 6.31. The first-order valence-corrected chi connectivity index (χ1v) is 4.55. The van der Waals surface area contributed by atoms with Crippen molar-refractivity contribution >= 4 is 11.6 Å². The van der Waals surface area contributed by atoms with Crippen LogP contribution in [0.15, 0.2) is 30.7 Å². The van der Waals surface area contributed by atoms with E-state index in [2.05, 4.69) is 15.0 Å². The zero-order chi connectivity index (χ0) is 9.97. The SMILES string of the molecule is Cc1ccc(-c2nccnc2Cl)cn1. The van der Waals surface area contributed by atoms with Crippen LogP contribution in [0.4, 0.5) is 0 Å². The van der Waals surface area contributed by atoms with Gasteiger partial charge in [-0.25, -0.2) is 4.98 Å². The van der Waals surface area contributed by atoms with Crippen molar-refractivity contribution in [2.45, 2.75) is 6.92 Å². The Morgan fingerprint density at radius 2 is 1.86 bits per heavy atom. The molecule has 0 unspecified atom stereocenters. The first-order valence-electron chi connectivity index (χ1n) is 4.17. The Labute approximate surface area is 86.8 Å². The van der Waals surface area contributed by atoms with Crippen molar-refractivity contribution in [3.05, 3.63) is 41.6 Å². The Kier molecular flexibility index (Phi) is 2.41. The molecule has 0 radical (unpaired) electrons. The summed E-state index contributed by atoms with van der Waals surface area (Å²) in [6.07, 6.45) is 4.92. The quantitative estimate of drug-likeness (QED) is 0.718. The Morgan fingerprint density at radius 3 is 2.50 bits per heavy atom. The van der Waals surface area contributed by atoms with Gasteiger partial charge in [-0.05, 0) is 19.1 Å². The number of aromatic nitrogens is 3. The maximum Gasteiger partial charge on any atom is 0.155 e. The zero-order valence-corrected chi connectivity index (χ0v) is 8.36. The van der Waals surface area contributed by atoms with Gasteiger partial charge in [-0.1, -0.05) is 11.6 Å². The van der Waals surface area contributed by atoms with Gasteiger partial charge in [-0.3, -0.25) is 9.97 Å². The highest BCUT2D eigenvalue weighted by atomic mass is 35.5. The van der Waals surface area contributed by atoms with Gasteiger partial charge >= 0.3 is 0 Å². The van der Waals surface area contributed by atoms with Crippen LogP contribution in [0.25, 0.3) is 11.3 Å². The molecule has 2 aromatic heterocycles. The highest BCUT2D eigenvalue weighted by Gasteiger charge is 2.04. The molecule has 0 aromatic carbocycles. The van der Waals surface area contributed by atoms with Crippen LogP contribution in [0.2, 0.25) is 5.15 Å². The standard InChI is InChI=1S/C10H8ClN3/c1-7-2-3-8(6-14-7)9-10(11)13-5-4-12-9/h2-6H,1H3. The Hall–Kier alpha value is -1.48. The summed E-state index contributed by atoms with van der Waals surface area (Å²) >= 11 is 5.90. The summed E-state index contributed by atoms with van der Waals surface area (Å²) in [5.74, 6) is 0. The van der Waals surface area contributed by atoms with E-state index in [1.165, 1.54) is 0 Å². The molecular weight excluding hydrogens is 198 g/mol. The lowest BCUT2D eigenvalue weighted by Crippen LogP contribution is -1.88. The third-order valence-electron chi connectivity index (χ3n) is 1.84. The highest BCUT2D eigenvalue weighted by Crippen LogP contribution is 2.21. The number of rotatable bonds is 1. The van der Waals surface area contributed by atoms with Crippen LogP contribution in [0.1, 0.15) is 5.69 Å². The van der Waals surface area contributed by atoms with Gasteiger partial charge in [-0.2, -0.15) is 0 Å². The smallest absolute Gasteiger partial charge is 0.155 e. The second-order valence-corrected chi connectivity index (χ2v) is 3.24. The van der Waals surface area contributed by atoms with Gasteiger partial charge in [0.15, 0.2) is 5.15 Å². The molecule has 0 spiro atoms. The molecule has 0 fully saturated rings. The molecule has 0 saturated heterocycles. The summed E-state index contributed by atoms with van der Waals surface area (Å²) in [5.41, 5.74) is 2.52. The molecule has 0 amide bonds. The van der Waals surface area contributed by atoms with Crippen LogP contribution in [-0.2, 0) is 0 Å². The van der Waals surface area contributed by atoms with Crippen molar-refractivity contribution in [1.29, 1.82) is 0 Å². The fourth-order valence-electron chi connectivity index (χ4n) is 1.12. The van der Waals surface area contributed by atoms with Gasteiger partial charge in [0.05, 0.1) is 0 Å². The van der Waals surface area contributed by atoms with E-state index in [-0.39, 0.29) is 0 Å². The lowest BCUT2D eigenvalue weighted by Gasteiger charge is -2.01. The number of hydrogen-bond donors (Lipinski definition) is 0. The van der Waals surface area contributed by atoms with Crippen LogP contribution in [0.5, 0.6) is 0 Å². The van der Waals surface area contributed by atoms with Crippen molar-refractivity contribution < 1.29 is 0 Å². The van der Waals surface area contributed by atoms with Crippen molar-refractivity contribution in [3.8, 4) is 11.3 Å². The third kappa shape index (κ3) is 1.72. The van der Waals surface area contributed by atoms with Crippen LogP contribution >= 0.6 is 11.6 Å². The zero-order valence-electron chi connectivity index (χ0n) is 7.61. The molecule has 0 bridgehead atoms. The fourth-order valence-corrected chi connectivity index (χ4v) is 1.34. The predicted octanol–water partition coefficient (Wildman–Crippen LogP) is 2.50. The number of hydrogen-bond acceptors (Lipinski definition) is 3. The second kappa shape index (κ2) is 3.72. The van der Waals surface area contributed by atoms with Crippen LogP contribution in [0, 0.1) is 6.92 Å². The lowest BCUT2D eigenvalue weighted by molar-refractivity contribution is 1.17. The normalized spacial score (nSPS) is 10.1. The van der Waals surface area contributed by atoms with Crippen molar-refractivity contribution in [1.82, 2.24) is 15.0 Å². The average molecular weight is 206 g/mol. The molecule has 0 aliphatic carbocycles. The number of aryl methyl sites for hydroxylation is 1. The van der Waals surface area contributed by atoms with Gasteiger partial charge in [0, 0.05) is 29.8 Å². The van der Waals surface area contributed by atoms with Crippen LogP contribution < -0.4 is 0 Å². The molecule has 3 nitrogen and oxygen atoms in total. The molecule has 14 heavy (non-hydrogen) atoms. The Balaban J connectivity index is 2.50. The minimum absolute atomic E-state index is 0.401. The van der Waals surface area contributed by atoms with Gasteiger partial charge in [-0.15, -0.1) is 0 Å². The van der Waals surface area contributed by atoms with E-state index in [1.54, 1.807) is 18.6 Å². The molecule has 0 saturated carbocycles. The molecule has 4 heteroatoms. The van der Waals surface area contributed by atoms with E-state index in [9.17, 15) is 0 Å². The number of halogens is 1. The van der Waals surface area contributed by atoms with E-state index in [4.69, 9.17) is 11.6 Å². The third-order valence-corrected chi connectivity index (χ3v) is 2.11. The summed E-state index contributed by atoms with van der Waals surface area (Å²) in [6, 6.07) is 3.85. The molecule has 0 aliphatic rings. The number of pyridine rings is 1. The summed E-state index contributed by atoms with van der Waals surface area (Å²) in [5, 5.41) is 0.401. The van der Waals surface area contributed by atoms with Gasteiger partial charge in [0.2, 0.25) is 0 Å². The molecular formula is C10H8ClN3. The molecule has 2 heterocycles. The molecule has 2 rings (SSSR count). The molecule has 0 aliphatic heterocycles. The van der Waals surface area contributed by atoms with E-state index in [0.29, 0.717) is 10.8 Å². The summed E-state index contributed by atoms with van der Waals surface area (Å²) < 4.78 is 0. The maximum atomic E-state index is 5.90. The first-order chi connectivity index (χ1) is 6.77. The monoisotopic (exact) mass is 205 g/mol. The van der Waals surface area contributed by atoms with Crippen molar-refractivity contribution in [2.24, 2.45) is 0 Å². The largest absolute Gasteiger partial charge is 0.261 e. The Bertz CT molecular complexity index is 439. The lowest BCUT2D eigenvalue weighted by atomic mass is 10.2. The molecule has 0 N–H and O–H groups in total. The van der Waals surface area contributed by atoms with Gasteiger partial charge in [0.25, 0.3) is 0 Å². The average Bonchev–Trinajstić information content (AvgIpc) is 2.20. The summed E-state index contributed by atoms with van der Waals surface area (Å²) in [6.45, 7) is 1.93. The van der Waals surface area contributed by atoms with Crippen molar-refractivity contribution in [3.63, 3.8) is 0 Å². The minimum Gasteiger partial charge on any atom is -0.261 e. The topological polar surface area (TPSA) is 38.7 Å². The fraction of sp³-hybridized carbons (Fsp3) is 0.100. The second-order valence-electron chi connectivity index (χ2n) is 2.88. The van der Waals surface area contributed by atoms with Crippen LogP contribution in [0.3, 0.4) is 0 Å². The van der Waals surface area contributed by atoms with Crippen molar-refractivity contribution in [2.75, 3.05) is 0 Å². The first kappa shape index (κ1) is 9.09.